The molecule has 0 saturated carbocycles. The van der Waals surface area contributed by atoms with Crippen LogP contribution in [0.2, 0.25) is 0 Å². The van der Waals surface area contributed by atoms with Gasteiger partial charge >= 0.3 is 0 Å². The van der Waals surface area contributed by atoms with Gasteiger partial charge in [0.15, 0.2) is 5.96 Å². The lowest BCUT2D eigenvalue weighted by Crippen LogP contribution is -2.41. The molecule has 27 heavy (non-hydrogen) atoms. The van der Waals surface area contributed by atoms with E-state index in [9.17, 15) is 0 Å². The van der Waals surface area contributed by atoms with Crippen molar-refractivity contribution >= 4 is 29.9 Å². The van der Waals surface area contributed by atoms with E-state index >= 15 is 0 Å². The summed E-state index contributed by atoms with van der Waals surface area (Å²) in [5, 5.41) is 7.84. The van der Waals surface area contributed by atoms with E-state index in [4.69, 9.17) is 4.74 Å². The van der Waals surface area contributed by atoms with Crippen LogP contribution in [0.15, 0.2) is 41.7 Å². The number of halogens is 1. The maximum atomic E-state index is 5.49. The highest BCUT2D eigenvalue weighted by Gasteiger charge is 2.27. The van der Waals surface area contributed by atoms with Gasteiger partial charge in [0.2, 0.25) is 0 Å². The van der Waals surface area contributed by atoms with E-state index in [0.29, 0.717) is 11.8 Å². The third-order valence-electron chi connectivity index (χ3n) is 5.13. The fourth-order valence-corrected chi connectivity index (χ4v) is 3.64. The van der Waals surface area contributed by atoms with Crippen molar-refractivity contribution in [3.8, 4) is 5.75 Å². The van der Waals surface area contributed by atoms with E-state index in [1.165, 1.54) is 11.1 Å². The Morgan fingerprint density at radius 2 is 2.19 bits per heavy atom. The second-order valence-corrected chi connectivity index (χ2v) is 6.95. The van der Waals surface area contributed by atoms with Crippen LogP contribution >= 0.6 is 24.0 Å². The lowest BCUT2D eigenvalue weighted by Gasteiger charge is -2.24. The molecule has 1 saturated heterocycles. The minimum Gasteiger partial charge on any atom is -0.496 e. The first-order valence-corrected chi connectivity index (χ1v) is 9.19. The Kier molecular flexibility index (Phi) is 7.94. The summed E-state index contributed by atoms with van der Waals surface area (Å²) in [5.41, 5.74) is 2.53. The van der Waals surface area contributed by atoms with Crippen molar-refractivity contribution in [3.63, 3.8) is 0 Å². The molecule has 0 spiro atoms. The molecule has 6 nitrogen and oxygen atoms in total. The van der Waals surface area contributed by atoms with Crippen molar-refractivity contribution in [3.05, 3.63) is 47.8 Å². The highest BCUT2D eigenvalue weighted by molar-refractivity contribution is 14.0. The topological polar surface area (TPSA) is 54.7 Å². The molecule has 2 atom stereocenters. The van der Waals surface area contributed by atoms with E-state index in [0.717, 1.165) is 37.8 Å². The Labute approximate surface area is 179 Å². The Morgan fingerprint density at radius 3 is 2.85 bits per heavy atom. The monoisotopic (exact) mass is 483 g/mol. The maximum absolute atomic E-state index is 5.49. The Bertz CT molecular complexity index is 760. The van der Waals surface area contributed by atoms with Crippen molar-refractivity contribution in [1.82, 2.24) is 20.0 Å². The van der Waals surface area contributed by atoms with Gasteiger partial charge in [0, 0.05) is 51.8 Å². The number of aliphatic imine (C=N–C) groups is 1. The van der Waals surface area contributed by atoms with Gasteiger partial charge in [0.05, 0.1) is 13.3 Å². The number of benzene rings is 1. The van der Waals surface area contributed by atoms with Gasteiger partial charge in [-0.3, -0.25) is 9.67 Å². The number of nitrogens with one attached hydrogen (secondary N) is 1. The van der Waals surface area contributed by atoms with Crippen LogP contribution in [0.4, 0.5) is 0 Å². The van der Waals surface area contributed by atoms with Crippen molar-refractivity contribution in [2.75, 3.05) is 33.8 Å². The first kappa shape index (κ1) is 21.5. The van der Waals surface area contributed by atoms with E-state index in [-0.39, 0.29) is 24.0 Å². The summed E-state index contributed by atoms with van der Waals surface area (Å²) in [6.07, 6.45) is 5.23. The van der Waals surface area contributed by atoms with Crippen LogP contribution in [0.1, 0.15) is 36.3 Å². The lowest BCUT2D eigenvalue weighted by atomic mass is 10.0. The molecule has 1 aliphatic heterocycles. The zero-order valence-electron chi connectivity index (χ0n) is 16.6. The summed E-state index contributed by atoms with van der Waals surface area (Å²) in [6.45, 7) is 5.03. The summed E-state index contributed by atoms with van der Waals surface area (Å²) in [6, 6.07) is 8.20. The van der Waals surface area contributed by atoms with Crippen molar-refractivity contribution in [2.24, 2.45) is 12.0 Å². The normalized spacial score (nSPS) is 18.1. The summed E-state index contributed by atoms with van der Waals surface area (Å²) < 4.78 is 7.36. The van der Waals surface area contributed by atoms with E-state index in [2.05, 4.69) is 45.6 Å². The third-order valence-corrected chi connectivity index (χ3v) is 5.13. The van der Waals surface area contributed by atoms with Gasteiger partial charge in [-0.05, 0) is 23.6 Å². The number of rotatable bonds is 5. The predicted octanol–water partition coefficient (Wildman–Crippen LogP) is 3.22. The fourth-order valence-electron chi connectivity index (χ4n) is 3.64. The van der Waals surface area contributed by atoms with Crippen LogP contribution in [-0.2, 0) is 7.05 Å². The summed E-state index contributed by atoms with van der Waals surface area (Å²) in [7, 11) is 5.55. The number of hydrogen-bond donors (Lipinski definition) is 1. The molecule has 0 amide bonds. The van der Waals surface area contributed by atoms with Crippen molar-refractivity contribution in [1.29, 1.82) is 0 Å². The Hall–Kier alpha value is -1.77. The molecule has 2 unspecified atom stereocenters. The number of aromatic nitrogens is 2. The van der Waals surface area contributed by atoms with Crippen LogP contribution in [0, 0.1) is 0 Å². The molecule has 3 rings (SSSR count). The number of ether oxygens (including phenoxy) is 1. The number of nitrogens with zero attached hydrogens (tertiary/aromatic N) is 4. The van der Waals surface area contributed by atoms with Crippen molar-refractivity contribution in [2.45, 2.75) is 25.2 Å². The lowest BCUT2D eigenvalue weighted by molar-refractivity contribution is 0.405. The molecule has 2 aromatic rings. The molecule has 2 heterocycles. The van der Waals surface area contributed by atoms with Gasteiger partial charge in [-0.2, -0.15) is 5.10 Å². The average molecular weight is 483 g/mol. The van der Waals surface area contributed by atoms with Gasteiger partial charge in [0.25, 0.3) is 0 Å². The molecule has 148 valence electrons. The molecule has 0 aliphatic carbocycles. The molecule has 1 aliphatic rings. The SMILES string of the molecule is CN=C(NCC(C)c1ccccc1OC)N1CCC(c2cnn(C)c2)C1.I. The number of aryl methyl sites for hydroxylation is 1. The van der Waals surface area contributed by atoms with Crippen LogP contribution in [-0.4, -0.2) is 54.4 Å². The first-order chi connectivity index (χ1) is 12.6. The minimum atomic E-state index is 0. The van der Waals surface area contributed by atoms with Crippen LogP contribution in [0.5, 0.6) is 5.75 Å². The first-order valence-electron chi connectivity index (χ1n) is 9.19. The second-order valence-electron chi connectivity index (χ2n) is 6.95. The number of likely N-dealkylation sites (tertiary alicyclic amines) is 1. The third kappa shape index (κ3) is 5.15. The standard InChI is InChI=1S/C20H29N5O.HI/c1-15(18-7-5-6-8-19(18)26-4)11-22-20(21-2)25-10-9-16(14-25)17-12-23-24(3)13-17;/h5-8,12-13,15-16H,9-11,14H2,1-4H3,(H,21,22);1H. The molecular weight excluding hydrogens is 453 g/mol. The van der Waals surface area contributed by atoms with E-state index in [1.54, 1.807) is 7.11 Å². The number of para-hydroxylation sites is 1. The molecule has 1 fully saturated rings. The molecule has 7 heteroatoms. The average Bonchev–Trinajstić information content (AvgIpc) is 3.31. The van der Waals surface area contributed by atoms with Crippen LogP contribution < -0.4 is 10.1 Å². The van der Waals surface area contributed by atoms with E-state index < -0.39 is 0 Å². The summed E-state index contributed by atoms with van der Waals surface area (Å²) in [5.74, 6) is 2.77. The molecule has 0 bridgehead atoms. The largest absolute Gasteiger partial charge is 0.496 e. The Balaban J connectivity index is 0.00000261. The second kappa shape index (κ2) is 9.96. The molecule has 1 N–H and O–H groups in total. The fraction of sp³-hybridized carbons (Fsp3) is 0.500. The van der Waals surface area contributed by atoms with Gasteiger partial charge < -0.3 is 15.0 Å². The van der Waals surface area contributed by atoms with E-state index in [1.807, 2.05) is 37.1 Å². The maximum Gasteiger partial charge on any atom is 0.193 e. The molecular formula is C20H30IN5O. The van der Waals surface area contributed by atoms with Gasteiger partial charge in [0.1, 0.15) is 5.75 Å². The quantitative estimate of drug-likeness (QED) is 0.403. The molecule has 1 aromatic heterocycles. The zero-order chi connectivity index (χ0) is 18.5. The number of guanidine groups is 1. The van der Waals surface area contributed by atoms with Crippen LogP contribution in [0.3, 0.4) is 0 Å². The van der Waals surface area contributed by atoms with Crippen molar-refractivity contribution < 1.29 is 4.74 Å². The zero-order valence-corrected chi connectivity index (χ0v) is 18.9. The Morgan fingerprint density at radius 1 is 1.41 bits per heavy atom. The summed E-state index contributed by atoms with van der Waals surface area (Å²) in [4.78, 5) is 6.83. The highest BCUT2D eigenvalue weighted by atomic mass is 127. The highest BCUT2D eigenvalue weighted by Crippen LogP contribution is 2.28. The van der Waals surface area contributed by atoms with Gasteiger partial charge in [-0.15, -0.1) is 24.0 Å². The molecule has 0 radical (unpaired) electrons. The minimum absolute atomic E-state index is 0. The van der Waals surface area contributed by atoms with Crippen LogP contribution in [0.25, 0.3) is 0 Å². The predicted molar refractivity (Wildman–Crippen MR) is 120 cm³/mol. The number of methoxy groups -OCH3 is 1. The summed E-state index contributed by atoms with van der Waals surface area (Å²) >= 11 is 0. The smallest absolute Gasteiger partial charge is 0.193 e. The van der Waals surface area contributed by atoms with Gasteiger partial charge in [-0.1, -0.05) is 25.1 Å². The molecule has 1 aromatic carbocycles. The van der Waals surface area contributed by atoms with Gasteiger partial charge in [-0.25, -0.2) is 0 Å². The number of hydrogen-bond acceptors (Lipinski definition) is 3.